The predicted molar refractivity (Wildman–Crippen MR) is 148 cm³/mol. The van der Waals surface area contributed by atoms with E-state index in [9.17, 15) is 0 Å². The van der Waals surface area contributed by atoms with Crippen LogP contribution in [-0.4, -0.2) is 4.98 Å². The van der Waals surface area contributed by atoms with Crippen LogP contribution in [0, 0.1) is 0 Å². The van der Waals surface area contributed by atoms with Gasteiger partial charge in [0.05, 0.1) is 10.2 Å². The number of anilines is 1. The zero-order valence-corrected chi connectivity index (χ0v) is 19.8. The quantitative estimate of drug-likeness (QED) is 0.232. The second kappa shape index (κ2) is 9.90. The molecular formula is C31H26N2S. The molecule has 0 radical (unpaired) electrons. The van der Waals surface area contributed by atoms with E-state index in [-0.39, 0.29) is 0 Å². The molecule has 166 valence electrons. The highest BCUT2D eigenvalue weighted by atomic mass is 32.1. The van der Waals surface area contributed by atoms with Gasteiger partial charge in [-0.3, -0.25) is 0 Å². The van der Waals surface area contributed by atoms with Crippen LogP contribution >= 0.6 is 11.3 Å². The van der Waals surface area contributed by atoms with Crippen molar-refractivity contribution in [2.24, 2.45) is 0 Å². The van der Waals surface area contributed by atoms with E-state index in [0.29, 0.717) is 0 Å². The van der Waals surface area contributed by atoms with Gasteiger partial charge in [0.1, 0.15) is 5.01 Å². The number of fused-ring (bicyclic) bond motifs is 1. The van der Waals surface area contributed by atoms with Crippen LogP contribution in [0.2, 0.25) is 0 Å². The highest BCUT2D eigenvalue weighted by Gasteiger charge is 2.11. The molecule has 0 aliphatic heterocycles. The summed E-state index contributed by atoms with van der Waals surface area (Å²) >= 11 is 1.74. The molecule has 5 rings (SSSR count). The van der Waals surface area contributed by atoms with E-state index in [1.165, 1.54) is 21.5 Å². The maximum atomic E-state index is 4.81. The first-order valence-electron chi connectivity index (χ1n) is 11.4. The molecule has 0 saturated carbocycles. The second-order valence-corrected chi connectivity index (χ2v) is 9.31. The fraction of sp³-hybridized carbons (Fsp3) is 0.0645. The van der Waals surface area contributed by atoms with Crippen LogP contribution < -0.4 is 4.90 Å². The van der Waals surface area contributed by atoms with Crippen LogP contribution in [-0.2, 0) is 13.1 Å². The summed E-state index contributed by atoms with van der Waals surface area (Å²) < 4.78 is 1.22. The molecule has 0 bridgehead atoms. The molecule has 1 heterocycles. The van der Waals surface area contributed by atoms with Crippen molar-refractivity contribution in [3.8, 4) is 10.6 Å². The number of nitrogens with zero attached hydrogens (tertiary/aromatic N) is 2. The van der Waals surface area contributed by atoms with E-state index in [0.717, 1.165) is 40.3 Å². The lowest BCUT2D eigenvalue weighted by Crippen LogP contribution is -2.22. The Kier molecular flexibility index (Phi) is 6.37. The molecule has 4 aromatic carbocycles. The maximum Gasteiger partial charge on any atom is 0.124 e. The smallest absolute Gasteiger partial charge is 0.124 e. The van der Waals surface area contributed by atoms with E-state index in [4.69, 9.17) is 4.98 Å². The van der Waals surface area contributed by atoms with Gasteiger partial charge in [-0.25, -0.2) is 4.98 Å². The minimum absolute atomic E-state index is 0.821. The number of hydrogen-bond donors (Lipinski definition) is 0. The molecule has 3 heteroatoms. The second-order valence-electron chi connectivity index (χ2n) is 8.28. The molecule has 0 aliphatic rings. The van der Waals surface area contributed by atoms with Crippen LogP contribution in [0.5, 0.6) is 0 Å². The lowest BCUT2D eigenvalue weighted by Gasteiger charge is -2.26. The predicted octanol–water partition coefficient (Wildman–Crippen LogP) is 8.46. The van der Waals surface area contributed by atoms with Crippen molar-refractivity contribution in [3.05, 3.63) is 132 Å². The minimum Gasteiger partial charge on any atom is -0.363 e. The van der Waals surface area contributed by atoms with Gasteiger partial charge >= 0.3 is 0 Å². The summed E-state index contributed by atoms with van der Waals surface area (Å²) in [6.07, 6.45) is 3.76. The van der Waals surface area contributed by atoms with E-state index < -0.39 is 0 Å². The van der Waals surface area contributed by atoms with E-state index in [1.54, 1.807) is 11.3 Å². The van der Waals surface area contributed by atoms with Crippen molar-refractivity contribution >= 4 is 39.4 Å². The molecule has 0 N–H and O–H groups in total. The molecule has 0 spiro atoms. The van der Waals surface area contributed by atoms with Crippen molar-refractivity contribution in [2.75, 3.05) is 4.90 Å². The zero-order valence-electron chi connectivity index (χ0n) is 19.0. The van der Waals surface area contributed by atoms with E-state index in [1.807, 2.05) is 18.2 Å². The molecule has 1 aromatic heterocycles. The van der Waals surface area contributed by atoms with Gasteiger partial charge in [0.2, 0.25) is 0 Å². The van der Waals surface area contributed by atoms with Gasteiger partial charge in [-0.15, -0.1) is 11.3 Å². The maximum absolute atomic E-state index is 4.81. The molecular weight excluding hydrogens is 432 g/mol. The van der Waals surface area contributed by atoms with Gasteiger partial charge in [-0.2, -0.15) is 0 Å². The van der Waals surface area contributed by atoms with Crippen LogP contribution in [0.4, 0.5) is 5.69 Å². The molecule has 0 amide bonds. The van der Waals surface area contributed by atoms with Crippen molar-refractivity contribution in [2.45, 2.75) is 13.1 Å². The standard InChI is InChI=1S/C31H26N2S/c1-3-23-9-13-25(14-10-23)21-33(22-26-15-11-24(4-2)12-16-26)28-19-17-27(18-20-28)31-32-29-7-5-6-8-30(29)34-31/h3-20H,1-2,21-22H2. The Morgan fingerprint density at radius 1 is 0.676 bits per heavy atom. The normalized spacial score (nSPS) is 10.8. The number of benzene rings is 4. The molecule has 2 nitrogen and oxygen atoms in total. The van der Waals surface area contributed by atoms with Crippen LogP contribution in [0.15, 0.2) is 110 Å². The molecule has 0 saturated heterocycles. The molecule has 0 fully saturated rings. The Morgan fingerprint density at radius 3 is 1.76 bits per heavy atom. The third-order valence-corrected chi connectivity index (χ3v) is 7.04. The van der Waals surface area contributed by atoms with Gasteiger partial charge in [-0.05, 0) is 58.7 Å². The molecule has 5 aromatic rings. The third-order valence-electron chi connectivity index (χ3n) is 5.95. The van der Waals surface area contributed by atoms with E-state index in [2.05, 4.69) is 109 Å². The summed E-state index contributed by atoms with van der Waals surface area (Å²) in [7, 11) is 0. The Hall–Kier alpha value is -3.95. The van der Waals surface area contributed by atoms with Gasteiger partial charge in [-0.1, -0.05) is 86.0 Å². The Balaban J connectivity index is 1.43. The average Bonchev–Trinajstić information content (AvgIpc) is 3.34. The van der Waals surface area contributed by atoms with Crippen LogP contribution in [0.1, 0.15) is 22.3 Å². The van der Waals surface area contributed by atoms with Crippen molar-refractivity contribution in [1.82, 2.24) is 4.98 Å². The highest BCUT2D eigenvalue weighted by Crippen LogP contribution is 2.31. The summed E-state index contributed by atoms with van der Waals surface area (Å²) in [4.78, 5) is 7.23. The minimum atomic E-state index is 0.821. The third kappa shape index (κ3) is 4.85. The summed E-state index contributed by atoms with van der Waals surface area (Å²) in [5.74, 6) is 0. The Bertz CT molecular complexity index is 1330. The first kappa shape index (κ1) is 21.9. The lowest BCUT2D eigenvalue weighted by molar-refractivity contribution is 0.800. The van der Waals surface area contributed by atoms with Crippen molar-refractivity contribution in [1.29, 1.82) is 0 Å². The van der Waals surface area contributed by atoms with Crippen LogP contribution in [0.3, 0.4) is 0 Å². The zero-order chi connectivity index (χ0) is 23.3. The molecule has 34 heavy (non-hydrogen) atoms. The summed E-state index contributed by atoms with van der Waals surface area (Å²) in [5.41, 5.74) is 8.19. The van der Waals surface area contributed by atoms with Crippen molar-refractivity contribution < 1.29 is 0 Å². The van der Waals surface area contributed by atoms with Gasteiger partial charge in [0.15, 0.2) is 0 Å². The summed E-state index contributed by atoms with van der Waals surface area (Å²) in [6.45, 7) is 9.37. The number of para-hydroxylation sites is 1. The number of thiazole rings is 1. The first-order chi connectivity index (χ1) is 16.7. The largest absolute Gasteiger partial charge is 0.363 e. The average molecular weight is 459 g/mol. The summed E-state index contributed by atoms with van der Waals surface area (Å²) in [6, 6.07) is 34.3. The molecule has 0 aliphatic carbocycles. The highest BCUT2D eigenvalue weighted by molar-refractivity contribution is 7.21. The van der Waals surface area contributed by atoms with Gasteiger partial charge in [0.25, 0.3) is 0 Å². The fourth-order valence-electron chi connectivity index (χ4n) is 4.01. The summed E-state index contributed by atoms with van der Waals surface area (Å²) in [5, 5.41) is 1.05. The Labute approximate surface area is 205 Å². The first-order valence-corrected chi connectivity index (χ1v) is 12.2. The molecule has 0 unspecified atom stereocenters. The van der Waals surface area contributed by atoms with Crippen LogP contribution in [0.25, 0.3) is 32.9 Å². The van der Waals surface area contributed by atoms with Gasteiger partial charge in [0, 0.05) is 24.3 Å². The number of aromatic nitrogens is 1. The van der Waals surface area contributed by atoms with Gasteiger partial charge < -0.3 is 4.90 Å². The number of rotatable bonds is 8. The fourth-order valence-corrected chi connectivity index (χ4v) is 4.98. The lowest BCUT2D eigenvalue weighted by atomic mass is 10.1. The monoisotopic (exact) mass is 458 g/mol. The number of hydrogen-bond acceptors (Lipinski definition) is 3. The van der Waals surface area contributed by atoms with E-state index >= 15 is 0 Å². The molecule has 0 atom stereocenters. The SMILES string of the molecule is C=Cc1ccc(CN(Cc2ccc(C=C)cc2)c2ccc(-c3nc4ccccc4s3)cc2)cc1. The topological polar surface area (TPSA) is 16.1 Å². The van der Waals surface area contributed by atoms with Crippen molar-refractivity contribution in [3.63, 3.8) is 0 Å². The Morgan fingerprint density at radius 2 is 1.24 bits per heavy atom.